The molecule has 5 rings (SSSR count). The van der Waals surface area contributed by atoms with Crippen LogP contribution < -0.4 is 11.3 Å². The van der Waals surface area contributed by atoms with Crippen molar-refractivity contribution >= 4 is 17.1 Å². The minimum Gasteiger partial charge on any atom is -0.366 e. The third-order valence-electron chi connectivity index (χ3n) is 6.33. The van der Waals surface area contributed by atoms with Crippen molar-refractivity contribution in [1.82, 2.24) is 24.0 Å². The highest BCUT2D eigenvalue weighted by molar-refractivity contribution is 5.93. The first-order valence-corrected chi connectivity index (χ1v) is 11.7. The van der Waals surface area contributed by atoms with Crippen LogP contribution in [0.2, 0.25) is 0 Å². The van der Waals surface area contributed by atoms with Crippen LogP contribution in [0.25, 0.3) is 33.7 Å². The van der Waals surface area contributed by atoms with Crippen LogP contribution in [0.5, 0.6) is 0 Å². The number of carbonyl (C=O) groups is 1. The molecule has 5 aromatic rings. The molecule has 0 unspecified atom stereocenters. The molecule has 2 aromatic heterocycles. The Balaban J connectivity index is 1.54. The molecular weight excluding hydrogens is 452 g/mol. The van der Waals surface area contributed by atoms with E-state index in [1.165, 1.54) is 22.8 Å². The van der Waals surface area contributed by atoms with Gasteiger partial charge in [-0.15, -0.1) is 0 Å². The maximum atomic E-state index is 13.5. The third kappa shape index (κ3) is 4.30. The Morgan fingerprint density at radius 1 is 0.917 bits per heavy atom. The Hall–Kier alpha value is -4.56. The van der Waals surface area contributed by atoms with Gasteiger partial charge in [-0.3, -0.25) is 18.7 Å². The lowest BCUT2D eigenvalue weighted by atomic mass is 9.99. The van der Waals surface area contributed by atoms with Gasteiger partial charge in [-0.2, -0.15) is 0 Å². The number of imidazole rings is 1. The Kier molecular flexibility index (Phi) is 6.18. The van der Waals surface area contributed by atoms with Crippen LogP contribution >= 0.6 is 0 Å². The van der Waals surface area contributed by atoms with Crippen LogP contribution in [0, 0.1) is 0 Å². The molecule has 180 valence electrons. The van der Waals surface area contributed by atoms with Gasteiger partial charge in [-0.25, -0.2) is 9.97 Å². The number of primary amides is 1. The standard InChI is InChI=1S/C28H26N6O2/c1-3-32(2)16-21-7-4-5-10-24(21)19-11-13-22(14-12-19)34-18-31-27-25(28(34)36)33(17-30-27)23-9-6-8-20(15-23)26(29)35/h4-15,17-18H,3,16H2,1-2H3,(H2,29,35). The molecular formula is C28H26N6O2. The molecule has 0 spiro atoms. The molecule has 8 nitrogen and oxygen atoms in total. The number of amides is 1. The lowest BCUT2D eigenvalue weighted by molar-refractivity contribution is 0.1000. The van der Waals surface area contributed by atoms with E-state index in [2.05, 4.69) is 47.0 Å². The molecule has 2 heterocycles. The van der Waals surface area contributed by atoms with Crippen molar-refractivity contribution in [2.24, 2.45) is 5.73 Å². The molecule has 1 amide bonds. The lowest BCUT2D eigenvalue weighted by Gasteiger charge is -2.17. The summed E-state index contributed by atoms with van der Waals surface area (Å²) in [5.74, 6) is -0.542. The zero-order valence-corrected chi connectivity index (χ0v) is 20.1. The van der Waals surface area contributed by atoms with E-state index in [0.717, 1.165) is 24.2 Å². The molecule has 0 aliphatic carbocycles. The second kappa shape index (κ2) is 9.59. The summed E-state index contributed by atoms with van der Waals surface area (Å²) >= 11 is 0. The molecule has 0 aliphatic rings. The zero-order chi connectivity index (χ0) is 25.2. The average Bonchev–Trinajstić information content (AvgIpc) is 3.35. The fourth-order valence-corrected chi connectivity index (χ4v) is 4.24. The lowest BCUT2D eigenvalue weighted by Crippen LogP contribution is -2.21. The van der Waals surface area contributed by atoms with E-state index in [9.17, 15) is 9.59 Å². The number of benzene rings is 3. The van der Waals surface area contributed by atoms with Gasteiger partial charge < -0.3 is 10.6 Å². The monoisotopic (exact) mass is 478 g/mol. The third-order valence-corrected chi connectivity index (χ3v) is 6.33. The summed E-state index contributed by atoms with van der Waals surface area (Å²) in [5, 5.41) is 0. The van der Waals surface area contributed by atoms with Crippen LogP contribution in [0.15, 0.2) is 90.2 Å². The van der Waals surface area contributed by atoms with E-state index in [1.807, 2.05) is 30.3 Å². The van der Waals surface area contributed by atoms with E-state index in [-0.39, 0.29) is 5.56 Å². The number of hydrogen-bond acceptors (Lipinski definition) is 5. The largest absolute Gasteiger partial charge is 0.366 e. The van der Waals surface area contributed by atoms with Crippen LogP contribution in [0.4, 0.5) is 0 Å². The minimum absolute atomic E-state index is 0.264. The summed E-state index contributed by atoms with van der Waals surface area (Å²) in [5.41, 5.74) is 10.9. The first kappa shape index (κ1) is 23.2. The smallest absolute Gasteiger partial charge is 0.284 e. The van der Waals surface area contributed by atoms with E-state index >= 15 is 0 Å². The summed E-state index contributed by atoms with van der Waals surface area (Å²) in [7, 11) is 2.10. The summed E-state index contributed by atoms with van der Waals surface area (Å²) < 4.78 is 3.13. The molecule has 3 aromatic carbocycles. The normalized spacial score (nSPS) is 11.3. The summed E-state index contributed by atoms with van der Waals surface area (Å²) in [6.07, 6.45) is 3.01. The summed E-state index contributed by atoms with van der Waals surface area (Å²) in [6, 6.07) is 23.0. The molecule has 0 bridgehead atoms. The van der Waals surface area contributed by atoms with Crippen LogP contribution in [-0.4, -0.2) is 43.5 Å². The van der Waals surface area contributed by atoms with Gasteiger partial charge in [0, 0.05) is 17.8 Å². The van der Waals surface area contributed by atoms with Crippen molar-refractivity contribution in [2.75, 3.05) is 13.6 Å². The zero-order valence-electron chi connectivity index (χ0n) is 20.1. The number of aromatic nitrogens is 4. The Bertz CT molecular complexity index is 1620. The number of rotatable bonds is 7. The molecule has 0 aliphatic heterocycles. The number of fused-ring (bicyclic) bond motifs is 1. The van der Waals surface area contributed by atoms with Crippen LogP contribution in [0.3, 0.4) is 0 Å². The van der Waals surface area contributed by atoms with Gasteiger partial charge in [0.25, 0.3) is 5.56 Å². The second-order valence-corrected chi connectivity index (χ2v) is 8.66. The SMILES string of the molecule is CCN(C)Cc1ccccc1-c1ccc(-n2cnc3ncn(-c4cccc(C(N)=O)c4)c3c2=O)cc1. The quantitative estimate of drug-likeness (QED) is 0.384. The number of carbonyl (C=O) groups excluding carboxylic acids is 1. The van der Waals surface area contributed by atoms with Crippen molar-refractivity contribution in [3.05, 3.63) is 107 Å². The maximum Gasteiger partial charge on any atom is 0.284 e. The molecule has 0 atom stereocenters. The van der Waals surface area contributed by atoms with Crippen molar-refractivity contribution in [2.45, 2.75) is 13.5 Å². The maximum absolute atomic E-state index is 13.5. The van der Waals surface area contributed by atoms with Crippen LogP contribution in [0.1, 0.15) is 22.8 Å². The summed E-state index contributed by atoms with van der Waals surface area (Å²) in [6.45, 7) is 3.96. The Morgan fingerprint density at radius 2 is 1.64 bits per heavy atom. The highest BCUT2D eigenvalue weighted by Crippen LogP contribution is 2.26. The molecule has 0 saturated carbocycles. The highest BCUT2D eigenvalue weighted by Gasteiger charge is 2.15. The first-order chi connectivity index (χ1) is 17.5. The topological polar surface area (TPSA) is 99.0 Å². The molecule has 2 N–H and O–H groups in total. The van der Waals surface area contributed by atoms with Crippen molar-refractivity contribution < 1.29 is 4.79 Å². The van der Waals surface area contributed by atoms with Crippen molar-refractivity contribution in [3.8, 4) is 22.5 Å². The van der Waals surface area contributed by atoms with E-state index < -0.39 is 5.91 Å². The van der Waals surface area contributed by atoms with Gasteiger partial charge in [-0.05, 0) is 60.6 Å². The van der Waals surface area contributed by atoms with E-state index in [4.69, 9.17) is 5.73 Å². The van der Waals surface area contributed by atoms with Gasteiger partial charge in [-0.1, -0.05) is 49.4 Å². The molecule has 8 heteroatoms. The molecule has 36 heavy (non-hydrogen) atoms. The second-order valence-electron chi connectivity index (χ2n) is 8.66. The number of hydrogen-bond donors (Lipinski definition) is 1. The Morgan fingerprint density at radius 3 is 2.36 bits per heavy atom. The van der Waals surface area contributed by atoms with Crippen LogP contribution in [-0.2, 0) is 6.54 Å². The van der Waals surface area contributed by atoms with Gasteiger partial charge in [0.1, 0.15) is 12.7 Å². The fourth-order valence-electron chi connectivity index (χ4n) is 4.24. The van der Waals surface area contributed by atoms with Gasteiger partial charge in [0.2, 0.25) is 5.91 Å². The van der Waals surface area contributed by atoms with E-state index in [1.54, 1.807) is 28.8 Å². The summed E-state index contributed by atoms with van der Waals surface area (Å²) in [4.78, 5) is 36.1. The van der Waals surface area contributed by atoms with Gasteiger partial charge in [0.05, 0.1) is 5.69 Å². The molecule has 0 saturated heterocycles. The van der Waals surface area contributed by atoms with Crippen molar-refractivity contribution in [1.29, 1.82) is 0 Å². The number of nitrogens with two attached hydrogens (primary N) is 1. The minimum atomic E-state index is -0.542. The van der Waals surface area contributed by atoms with Gasteiger partial charge >= 0.3 is 0 Å². The van der Waals surface area contributed by atoms with Gasteiger partial charge in [0.15, 0.2) is 11.2 Å². The highest BCUT2D eigenvalue weighted by atomic mass is 16.1. The predicted octanol–water partition coefficient (Wildman–Crippen LogP) is 3.79. The van der Waals surface area contributed by atoms with Crippen molar-refractivity contribution in [3.63, 3.8) is 0 Å². The number of nitrogens with zero attached hydrogens (tertiary/aromatic N) is 5. The predicted molar refractivity (Wildman–Crippen MR) is 140 cm³/mol. The fraction of sp³-hybridized carbons (Fsp3) is 0.143. The Labute approximate surface area is 208 Å². The first-order valence-electron chi connectivity index (χ1n) is 11.7. The average molecular weight is 479 g/mol. The molecule has 0 fully saturated rings. The van der Waals surface area contributed by atoms with E-state index in [0.29, 0.717) is 28.1 Å². The molecule has 0 radical (unpaired) electrons.